The third kappa shape index (κ3) is 5.38. The molecule has 9 nitrogen and oxygen atoms in total. The SMILES string of the molecule is CC(=O)C(N)NS(=O)(=O)c1cc(C(=O)C(C(=O)c2cccc(C)c2)c2nc3ccccc3[nH]2)ccc1F. The van der Waals surface area contributed by atoms with E-state index in [2.05, 4.69) is 9.97 Å². The van der Waals surface area contributed by atoms with E-state index in [0.717, 1.165) is 30.7 Å². The van der Waals surface area contributed by atoms with Crippen LogP contribution in [0.4, 0.5) is 4.39 Å². The van der Waals surface area contributed by atoms with Gasteiger partial charge in [0, 0.05) is 11.1 Å². The van der Waals surface area contributed by atoms with Gasteiger partial charge in [0.1, 0.15) is 28.6 Å². The third-order valence-electron chi connectivity index (χ3n) is 5.73. The molecule has 0 saturated heterocycles. The van der Waals surface area contributed by atoms with Crippen LogP contribution in [0.3, 0.4) is 0 Å². The Morgan fingerprint density at radius 3 is 2.30 bits per heavy atom. The van der Waals surface area contributed by atoms with Crippen molar-refractivity contribution in [2.75, 3.05) is 0 Å². The van der Waals surface area contributed by atoms with Crippen LogP contribution in [0.5, 0.6) is 0 Å². The molecule has 37 heavy (non-hydrogen) atoms. The molecule has 0 aliphatic carbocycles. The number of sulfonamides is 1. The number of nitrogens with one attached hydrogen (secondary N) is 2. The molecule has 0 aliphatic heterocycles. The maximum Gasteiger partial charge on any atom is 0.245 e. The molecular weight excluding hydrogens is 499 g/mol. The number of rotatable bonds is 9. The summed E-state index contributed by atoms with van der Waals surface area (Å²) >= 11 is 0. The van der Waals surface area contributed by atoms with Gasteiger partial charge >= 0.3 is 0 Å². The standard InChI is InChI=1S/C26H23FN4O5S/c1-14-6-5-7-16(12-14)23(33)22(26-29-19-8-3-4-9-20(19)30-26)24(34)17-10-11-18(27)21(13-17)37(35,36)31-25(28)15(2)32/h3-13,22,25,31H,28H2,1-2H3,(H,29,30). The Bertz CT molecular complexity index is 1610. The first-order chi connectivity index (χ1) is 17.5. The minimum absolute atomic E-state index is 0.0585. The Labute approximate surface area is 212 Å². The number of carbonyl (C=O) groups is 3. The summed E-state index contributed by atoms with van der Waals surface area (Å²) < 4.78 is 41.9. The number of aryl methyl sites for hydroxylation is 1. The lowest BCUT2D eigenvalue weighted by Gasteiger charge is -2.15. The summed E-state index contributed by atoms with van der Waals surface area (Å²) in [6.07, 6.45) is -1.60. The number of para-hydroxylation sites is 2. The van der Waals surface area contributed by atoms with Crippen LogP contribution in [0.15, 0.2) is 71.6 Å². The van der Waals surface area contributed by atoms with Gasteiger partial charge in [0.25, 0.3) is 0 Å². The molecule has 2 unspecified atom stereocenters. The van der Waals surface area contributed by atoms with Gasteiger partial charge in [0.05, 0.1) is 11.0 Å². The molecule has 0 spiro atoms. The van der Waals surface area contributed by atoms with Crippen LogP contribution in [-0.4, -0.2) is 41.9 Å². The molecule has 190 valence electrons. The topological polar surface area (TPSA) is 152 Å². The average molecular weight is 523 g/mol. The number of imidazole rings is 1. The highest BCUT2D eigenvalue weighted by Crippen LogP contribution is 2.28. The van der Waals surface area contributed by atoms with E-state index in [1.165, 1.54) is 0 Å². The Kier molecular flexibility index (Phi) is 7.12. The zero-order valence-corrected chi connectivity index (χ0v) is 20.7. The summed E-state index contributed by atoms with van der Waals surface area (Å²) in [6, 6.07) is 16.3. The average Bonchev–Trinajstić information content (AvgIpc) is 3.27. The maximum absolute atomic E-state index is 14.6. The van der Waals surface area contributed by atoms with Gasteiger partial charge < -0.3 is 10.7 Å². The lowest BCUT2D eigenvalue weighted by atomic mass is 9.89. The number of fused-ring (bicyclic) bond motifs is 1. The van der Waals surface area contributed by atoms with Crippen molar-refractivity contribution in [3.05, 3.63) is 95.1 Å². The van der Waals surface area contributed by atoms with Gasteiger partial charge in [-0.1, -0.05) is 35.9 Å². The number of hydrogen-bond donors (Lipinski definition) is 3. The molecule has 0 saturated carbocycles. The predicted octanol–water partition coefficient (Wildman–Crippen LogP) is 3.01. The second kappa shape index (κ2) is 10.1. The molecule has 4 aromatic rings. The molecule has 11 heteroatoms. The Hall–Kier alpha value is -4.06. The summed E-state index contributed by atoms with van der Waals surface area (Å²) in [5, 5.41) is 0. The summed E-state index contributed by atoms with van der Waals surface area (Å²) in [5.41, 5.74) is 7.40. The number of aromatic nitrogens is 2. The van der Waals surface area contributed by atoms with E-state index in [1.54, 1.807) is 55.5 Å². The molecular formula is C26H23FN4O5S. The number of nitrogens with two attached hydrogens (primary N) is 1. The zero-order valence-electron chi connectivity index (χ0n) is 19.9. The van der Waals surface area contributed by atoms with E-state index in [9.17, 15) is 27.2 Å². The first-order valence-corrected chi connectivity index (χ1v) is 12.6. The summed E-state index contributed by atoms with van der Waals surface area (Å²) in [4.78, 5) is 45.3. The Balaban J connectivity index is 1.82. The van der Waals surface area contributed by atoms with E-state index < -0.39 is 50.2 Å². The summed E-state index contributed by atoms with van der Waals surface area (Å²) in [6.45, 7) is 2.86. The van der Waals surface area contributed by atoms with Crippen molar-refractivity contribution in [1.82, 2.24) is 14.7 Å². The molecule has 0 fully saturated rings. The molecule has 4 N–H and O–H groups in total. The van der Waals surface area contributed by atoms with Crippen molar-refractivity contribution in [2.24, 2.45) is 5.73 Å². The highest BCUT2D eigenvalue weighted by molar-refractivity contribution is 7.89. The number of Topliss-reactive ketones (excluding diaryl/α,β-unsaturated/α-hetero) is 3. The van der Waals surface area contributed by atoms with E-state index in [0.29, 0.717) is 11.0 Å². The second-order valence-electron chi connectivity index (χ2n) is 8.52. The second-order valence-corrected chi connectivity index (χ2v) is 10.2. The Morgan fingerprint density at radius 1 is 0.973 bits per heavy atom. The van der Waals surface area contributed by atoms with E-state index in [-0.39, 0.29) is 17.0 Å². The fourth-order valence-corrected chi connectivity index (χ4v) is 5.02. The van der Waals surface area contributed by atoms with E-state index in [4.69, 9.17) is 5.73 Å². The lowest BCUT2D eigenvalue weighted by molar-refractivity contribution is -0.118. The van der Waals surface area contributed by atoms with Crippen LogP contribution in [0.25, 0.3) is 11.0 Å². The van der Waals surface area contributed by atoms with Crippen LogP contribution in [0.2, 0.25) is 0 Å². The van der Waals surface area contributed by atoms with Crippen molar-refractivity contribution >= 4 is 38.4 Å². The quantitative estimate of drug-likeness (QED) is 0.174. The predicted molar refractivity (Wildman–Crippen MR) is 134 cm³/mol. The van der Waals surface area contributed by atoms with Gasteiger partial charge in [-0.2, -0.15) is 4.72 Å². The van der Waals surface area contributed by atoms with Gasteiger partial charge in [-0.25, -0.2) is 17.8 Å². The lowest BCUT2D eigenvalue weighted by Crippen LogP contribution is -2.46. The number of halogens is 1. The highest BCUT2D eigenvalue weighted by Gasteiger charge is 2.34. The van der Waals surface area contributed by atoms with Crippen molar-refractivity contribution < 1.29 is 27.2 Å². The largest absolute Gasteiger partial charge is 0.341 e. The van der Waals surface area contributed by atoms with Gasteiger partial charge in [0.15, 0.2) is 17.3 Å². The zero-order chi connectivity index (χ0) is 26.9. The molecule has 3 aromatic carbocycles. The molecule has 0 amide bonds. The highest BCUT2D eigenvalue weighted by atomic mass is 32.2. The summed E-state index contributed by atoms with van der Waals surface area (Å²) in [5.74, 6) is -4.63. The fraction of sp³-hybridized carbons (Fsp3) is 0.154. The minimum Gasteiger partial charge on any atom is -0.341 e. The number of H-pyrrole nitrogens is 1. The van der Waals surface area contributed by atoms with Gasteiger partial charge in [0.2, 0.25) is 10.0 Å². The van der Waals surface area contributed by atoms with Crippen LogP contribution in [0, 0.1) is 12.7 Å². The molecule has 0 aliphatic rings. The number of aromatic amines is 1. The first kappa shape index (κ1) is 26.0. The van der Waals surface area contributed by atoms with Crippen LogP contribution < -0.4 is 10.5 Å². The van der Waals surface area contributed by atoms with Crippen LogP contribution in [0.1, 0.15) is 44.9 Å². The number of carbonyl (C=O) groups excluding carboxylic acids is 3. The molecule has 0 bridgehead atoms. The van der Waals surface area contributed by atoms with Crippen LogP contribution >= 0.6 is 0 Å². The van der Waals surface area contributed by atoms with Gasteiger partial charge in [-0.3, -0.25) is 14.4 Å². The molecule has 1 heterocycles. The smallest absolute Gasteiger partial charge is 0.245 e. The minimum atomic E-state index is -4.61. The fourth-order valence-electron chi connectivity index (χ4n) is 3.78. The molecule has 1 aromatic heterocycles. The third-order valence-corrected chi connectivity index (χ3v) is 7.19. The maximum atomic E-state index is 14.6. The molecule has 0 radical (unpaired) electrons. The number of benzene rings is 3. The number of ketones is 3. The Morgan fingerprint density at radius 2 is 1.65 bits per heavy atom. The molecule has 2 atom stereocenters. The first-order valence-electron chi connectivity index (χ1n) is 11.2. The van der Waals surface area contributed by atoms with Crippen LogP contribution in [-0.2, 0) is 14.8 Å². The van der Waals surface area contributed by atoms with Crippen molar-refractivity contribution in [3.63, 3.8) is 0 Å². The van der Waals surface area contributed by atoms with E-state index in [1.807, 2.05) is 4.72 Å². The van der Waals surface area contributed by atoms with Gasteiger partial charge in [-0.15, -0.1) is 0 Å². The van der Waals surface area contributed by atoms with E-state index >= 15 is 0 Å². The number of hydrogen-bond acceptors (Lipinski definition) is 7. The van der Waals surface area contributed by atoms with Gasteiger partial charge in [-0.05, 0) is 50.2 Å². The monoisotopic (exact) mass is 522 g/mol. The molecule has 4 rings (SSSR count). The normalized spacial score (nSPS) is 13.3. The van der Waals surface area contributed by atoms with Crippen molar-refractivity contribution in [2.45, 2.75) is 30.8 Å². The number of nitrogens with zero attached hydrogens (tertiary/aromatic N) is 1. The summed E-state index contributed by atoms with van der Waals surface area (Å²) in [7, 11) is -4.61. The van der Waals surface area contributed by atoms with Crippen molar-refractivity contribution in [1.29, 1.82) is 0 Å². The van der Waals surface area contributed by atoms with Crippen molar-refractivity contribution in [3.8, 4) is 0 Å².